The van der Waals surface area contributed by atoms with E-state index in [9.17, 15) is 9.18 Å². The molecule has 1 aromatic carbocycles. The number of nitrogens with zero attached hydrogens (tertiary/aromatic N) is 1. The zero-order chi connectivity index (χ0) is 16.7. The Balaban J connectivity index is 1.97. The van der Waals surface area contributed by atoms with Crippen LogP contribution in [0.4, 0.5) is 4.39 Å². The number of halogens is 1. The van der Waals surface area contributed by atoms with Gasteiger partial charge in [0.2, 0.25) is 0 Å². The molecule has 122 valence electrons. The molecule has 0 aliphatic carbocycles. The van der Waals surface area contributed by atoms with E-state index in [0.29, 0.717) is 31.4 Å². The fourth-order valence-corrected chi connectivity index (χ4v) is 1.92. The van der Waals surface area contributed by atoms with E-state index in [1.165, 1.54) is 18.2 Å². The molecule has 6 nitrogen and oxygen atoms in total. The Morgan fingerprint density at radius 2 is 2.13 bits per heavy atom. The van der Waals surface area contributed by atoms with Crippen LogP contribution in [0.3, 0.4) is 0 Å². The molecule has 0 unspecified atom stereocenters. The second kappa shape index (κ2) is 7.98. The minimum atomic E-state index is -0.608. The number of benzene rings is 1. The quantitative estimate of drug-likeness (QED) is 0.559. The normalized spacial score (nSPS) is 11.3. The number of carbonyl (C=O) groups is 1. The van der Waals surface area contributed by atoms with Crippen molar-refractivity contribution in [2.75, 3.05) is 6.54 Å². The first-order chi connectivity index (χ1) is 11.1. The molecule has 0 radical (unpaired) electrons. The summed E-state index contributed by atoms with van der Waals surface area (Å²) < 4.78 is 18.4. The summed E-state index contributed by atoms with van der Waals surface area (Å²) in [6.45, 7) is 3.32. The lowest BCUT2D eigenvalue weighted by atomic mass is 10.2. The lowest BCUT2D eigenvalue weighted by Crippen LogP contribution is -2.36. The third-order valence-electron chi connectivity index (χ3n) is 2.99. The molecule has 1 heterocycles. The van der Waals surface area contributed by atoms with Gasteiger partial charge in [-0.1, -0.05) is 12.1 Å². The van der Waals surface area contributed by atoms with Crippen molar-refractivity contribution >= 4 is 11.9 Å². The summed E-state index contributed by atoms with van der Waals surface area (Å²) in [6, 6.07) is 9.48. The zero-order valence-corrected chi connectivity index (χ0v) is 12.8. The van der Waals surface area contributed by atoms with Crippen LogP contribution < -0.4 is 16.4 Å². The zero-order valence-electron chi connectivity index (χ0n) is 12.8. The van der Waals surface area contributed by atoms with Crippen molar-refractivity contribution in [1.82, 2.24) is 10.6 Å². The van der Waals surface area contributed by atoms with Gasteiger partial charge in [-0.15, -0.1) is 0 Å². The molecule has 0 saturated heterocycles. The van der Waals surface area contributed by atoms with Gasteiger partial charge in [0.1, 0.15) is 11.6 Å². The summed E-state index contributed by atoms with van der Waals surface area (Å²) >= 11 is 0. The van der Waals surface area contributed by atoms with Gasteiger partial charge in [-0.3, -0.25) is 4.79 Å². The maximum absolute atomic E-state index is 13.1. The number of hydrogen-bond acceptors (Lipinski definition) is 3. The van der Waals surface area contributed by atoms with Gasteiger partial charge < -0.3 is 20.8 Å². The summed E-state index contributed by atoms with van der Waals surface area (Å²) in [5.41, 5.74) is 5.91. The van der Waals surface area contributed by atoms with Crippen molar-refractivity contribution in [3.8, 4) is 0 Å². The number of carbonyl (C=O) groups excluding carboxylic acids is 1. The van der Waals surface area contributed by atoms with Crippen molar-refractivity contribution in [2.24, 2.45) is 10.7 Å². The Morgan fingerprint density at radius 3 is 2.78 bits per heavy atom. The van der Waals surface area contributed by atoms with E-state index in [2.05, 4.69) is 15.6 Å². The van der Waals surface area contributed by atoms with Crippen LogP contribution in [0, 0.1) is 5.82 Å². The number of rotatable bonds is 6. The van der Waals surface area contributed by atoms with Crippen molar-refractivity contribution < 1.29 is 13.6 Å². The molecule has 0 bridgehead atoms. The van der Waals surface area contributed by atoms with Crippen LogP contribution in [-0.2, 0) is 13.1 Å². The maximum Gasteiger partial charge on any atom is 0.284 e. The van der Waals surface area contributed by atoms with Crippen LogP contribution in [0.5, 0.6) is 0 Å². The summed E-state index contributed by atoms with van der Waals surface area (Å²) in [5.74, 6) is 0.348. The largest absolute Gasteiger partial charge is 0.454 e. The summed E-state index contributed by atoms with van der Waals surface area (Å²) in [7, 11) is 0. The predicted molar refractivity (Wildman–Crippen MR) is 85.3 cm³/mol. The molecule has 4 N–H and O–H groups in total. The molecular formula is C16H19FN4O2. The van der Waals surface area contributed by atoms with Crippen LogP contribution in [0.15, 0.2) is 45.8 Å². The second-order valence-electron chi connectivity index (χ2n) is 4.81. The molecule has 0 aliphatic heterocycles. The lowest BCUT2D eigenvalue weighted by molar-refractivity contribution is 0.0972. The van der Waals surface area contributed by atoms with Crippen LogP contribution in [-0.4, -0.2) is 18.4 Å². The number of guanidine groups is 1. The van der Waals surface area contributed by atoms with Gasteiger partial charge >= 0.3 is 0 Å². The topological polar surface area (TPSA) is 92.6 Å². The fraction of sp³-hybridized carbons (Fsp3) is 0.250. The van der Waals surface area contributed by atoms with Gasteiger partial charge in [0.25, 0.3) is 5.91 Å². The summed E-state index contributed by atoms with van der Waals surface area (Å²) in [4.78, 5) is 15.4. The predicted octanol–water partition coefficient (Wildman–Crippen LogP) is 1.77. The van der Waals surface area contributed by atoms with Gasteiger partial charge in [-0.2, -0.15) is 0 Å². The first-order valence-corrected chi connectivity index (χ1v) is 7.23. The molecule has 0 spiro atoms. The van der Waals surface area contributed by atoms with E-state index in [4.69, 9.17) is 10.2 Å². The van der Waals surface area contributed by atoms with E-state index in [0.717, 1.165) is 5.56 Å². The molecule has 0 aliphatic rings. The van der Waals surface area contributed by atoms with Crippen LogP contribution in [0.1, 0.15) is 28.8 Å². The highest BCUT2D eigenvalue weighted by Gasteiger charge is 2.07. The van der Waals surface area contributed by atoms with E-state index in [1.807, 2.05) is 13.0 Å². The van der Waals surface area contributed by atoms with Crippen molar-refractivity contribution in [1.29, 1.82) is 0 Å². The number of nitrogens with one attached hydrogen (secondary N) is 2. The van der Waals surface area contributed by atoms with E-state index < -0.39 is 5.91 Å². The molecule has 7 heteroatoms. The minimum Gasteiger partial charge on any atom is -0.454 e. The summed E-state index contributed by atoms with van der Waals surface area (Å²) in [6.07, 6.45) is 0. The molecule has 0 saturated carbocycles. The highest BCUT2D eigenvalue weighted by atomic mass is 19.1. The number of aliphatic imine (C=N–C) groups is 1. The number of furan rings is 1. The number of nitrogens with two attached hydrogens (primary N) is 1. The Hall–Kier alpha value is -2.83. The molecule has 2 rings (SSSR count). The van der Waals surface area contributed by atoms with Gasteiger partial charge in [0.15, 0.2) is 11.7 Å². The first kappa shape index (κ1) is 16.5. The van der Waals surface area contributed by atoms with Gasteiger partial charge in [0.05, 0.1) is 13.1 Å². The molecular weight excluding hydrogens is 299 g/mol. The average molecular weight is 318 g/mol. The molecule has 2 aromatic rings. The van der Waals surface area contributed by atoms with Crippen LogP contribution in [0.2, 0.25) is 0 Å². The Bertz CT molecular complexity index is 697. The smallest absolute Gasteiger partial charge is 0.284 e. The number of hydrogen-bond donors (Lipinski definition) is 3. The van der Waals surface area contributed by atoms with E-state index in [1.54, 1.807) is 12.1 Å². The second-order valence-corrected chi connectivity index (χ2v) is 4.81. The average Bonchev–Trinajstić information content (AvgIpc) is 2.99. The SMILES string of the molecule is CCNC(=NCc1cccc(F)c1)NCc1ccc(C(N)=O)o1. The van der Waals surface area contributed by atoms with Crippen molar-refractivity contribution in [2.45, 2.75) is 20.0 Å². The number of amides is 1. The van der Waals surface area contributed by atoms with Crippen molar-refractivity contribution in [3.63, 3.8) is 0 Å². The number of primary amides is 1. The minimum absolute atomic E-state index is 0.114. The molecule has 0 fully saturated rings. The lowest BCUT2D eigenvalue weighted by Gasteiger charge is -2.10. The third kappa shape index (κ3) is 5.14. The Morgan fingerprint density at radius 1 is 1.30 bits per heavy atom. The van der Waals surface area contributed by atoms with Crippen LogP contribution >= 0.6 is 0 Å². The van der Waals surface area contributed by atoms with Crippen molar-refractivity contribution in [3.05, 3.63) is 59.3 Å². The first-order valence-electron chi connectivity index (χ1n) is 7.23. The molecule has 0 atom stereocenters. The van der Waals surface area contributed by atoms with Crippen LogP contribution in [0.25, 0.3) is 0 Å². The highest BCUT2D eigenvalue weighted by molar-refractivity contribution is 5.89. The molecule has 23 heavy (non-hydrogen) atoms. The summed E-state index contributed by atoms with van der Waals surface area (Å²) in [5, 5.41) is 6.15. The Kier molecular flexibility index (Phi) is 5.74. The Labute approximate surface area is 133 Å². The van der Waals surface area contributed by atoms with Gasteiger partial charge in [-0.25, -0.2) is 9.38 Å². The highest BCUT2D eigenvalue weighted by Crippen LogP contribution is 2.07. The van der Waals surface area contributed by atoms with E-state index >= 15 is 0 Å². The maximum atomic E-state index is 13.1. The van der Waals surface area contributed by atoms with Gasteiger partial charge in [0, 0.05) is 6.54 Å². The third-order valence-corrected chi connectivity index (χ3v) is 2.99. The molecule has 1 amide bonds. The fourth-order valence-electron chi connectivity index (χ4n) is 1.92. The van der Waals surface area contributed by atoms with Gasteiger partial charge in [-0.05, 0) is 36.8 Å². The monoisotopic (exact) mass is 318 g/mol. The van der Waals surface area contributed by atoms with E-state index in [-0.39, 0.29) is 11.6 Å². The standard InChI is InChI=1S/C16H19FN4O2/c1-2-19-16(20-9-11-4-3-5-12(17)8-11)21-10-13-6-7-14(23-13)15(18)22/h3-8H,2,9-10H2,1H3,(H2,18,22)(H2,19,20,21). The molecule has 1 aromatic heterocycles.